The van der Waals surface area contributed by atoms with E-state index in [1.165, 1.54) is 30.5 Å². The van der Waals surface area contributed by atoms with Crippen molar-refractivity contribution in [3.8, 4) is 0 Å². The molecule has 2 N–H and O–H groups in total. The van der Waals surface area contributed by atoms with Crippen LogP contribution in [0.4, 0.5) is 10.1 Å². The van der Waals surface area contributed by atoms with Crippen molar-refractivity contribution in [2.45, 2.75) is 12.8 Å². The lowest BCUT2D eigenvalue weighted by Crippen LogP contribution is -2.39. The maximum absolute atomic E-state index is 13.0. The van der Waals surface area contributed by atoms with E-state index in [1.807, 2.05) is 4.90 Å². The number of rotatable bonds is 4. The van der Waals surface area contributed by atoms with Gasteiger partial charge in [-0.15, -0.1) is 0 Å². The van der Waals surface area contributed by atoms with Gasteiger partial charge in [0.1, 0.15) is 5.82 Å². The summed E-state index contributed by atoms with van der Waals surface area (Å²) in [6.45, 7) is 1.25. The van der Waals surface area contributed by atoms with Crippen LogP contribution in [0.15, 0.2) is 42.7 Å². The molecule has 1 aliphatic heterocycles. The average Bonchev–Trinajstić information content (AvgIpc) is 2.62. The fourth-order valence-electron chi connectivity index (χ4n) is 3.11. The Labute approximate surface area is 139 Å². The predicted molar refractivity (Wildman–Crippen MR) is 88.4 cm³/mol. The molecule has 0 saturated carbocycles. The number of benzene rings is 1. The molecule has 0 radical (unpaired) electrons. The standard InChI is InChI=1S/C18H18FN3O2/c19-14-5-3-12(4-6-14)17(23)13-2-1-9-22(11-13)16-7-8-21-10-15(16)18(20)24/h3-8,10,13H,1-2,9,11H2,(H2,20,24). The van der Waals surface area contributed by atoms with Gasteiger partial charge in [0.15, 0.2) is 5.78 Å². The molecule has 2 heterocycles. The van der Waals surface area contributed by atoms with E-state index in [4.69, 9.17) is 5.73 Å². The van der Waals surface area contributed by atoms with Gasteiger partial charge in [-0.05, 0) is 43.2 Å². The third-order valence-corrected chi connectivity index (χ3v) is 4.33. The molecule has 24 heavy (non-hydrogen) atoms. The minimum absolute atomic E-state index is 0.00520. The minimum atomic E-state index is -0.537. The number of hydrogen-bond donors (Lipinski definition) is 1. The Morgan fingerprint density at radius 2 is 1.96 bits per heavy atom. The van der Waals surface area contributed by atoms with Crippen molar-refractivity contribution >= 4 is 17.4 Å². The van der Waals surface area contributed by atoms with E-state index < -0.39 is 5.91 Å². The topological polar surface area (TPSA) is 76.3 Å². The summed E-state index contributed by atoms with van der Waals surface area (Å²) in [6, 6.07) is 7.35. The second-order valence-electron chi connectivity index (χ2n) is 5.91. The summed E-state index contributed by atoms with van der Waals surface area (Å²) in [4.78, 5) is 30.2. The molecule has 2 aromatic rings. The third-order valence-electron chi connectivity index (χ3n) is 4.33. The summed E-state index contributed by atoms with van der Waals surface area (Å²) in [7, 11) is 0. The number of nitrogens with zero attached hydrogens (tertiary/aromatic N) is 2. The first-order chi connectivity index (χ1) is 11.6. The van der Waals surface area contributed by atoms with Gasteiger partial charge in [0.25, 0.3) is 5.91 Å². The van der Waals surface area contributed by atoms with Gasteiger partial charge in [0, 0.05) is 37.0 Å². The maximum atomic E-state index is 13.0. The van der Waals surface area contributed by atoms with Crippen LogP contribution in [-0.4, -0.2) is 29.8 Å². The number of Topliss-reactive ketones (excluding diaryl/α,β-unsaturated/α-hetero) is 1. The number of anilines is 1. The minimum Gasteiger partial charge on any atom is -0.370 e. The van der Waals surface area contributed by atoms with Crippen LogP contribution in [0.2, 0.25) is 0 Å². The molecule has 124 valence electrons. The number of pyridine rings is 1. The zero-order chi connectivity index (χ0) is 17.1. The van der Waals surface area contributed by atoms with E-state index in [-0.39, 0.29) is 17.5 Å². The SMILES string of the molecule is NC(=O)c1cnccc1N1CCCC(C(=O)c2ccc(F)cc2)C1. The first-order valence-electron chi connectivity index (χ1n) is 7.85. The van der Waals surface area contributed by atoms with Crippen molar-refractivity contribution in [3.63, 3.8) is 0 Å². The molecule has 1 fully saturated rings. The number of hydrogen-bond acceptors (Lipinski definition) is 4. The van der Waals surface area contributed by atoms with Crippen LogP contribution in [0.3, 0.4) is 0 Å². The Balaban J connectivity index is 1.81. The van der Waals surface area contributed by atoms with E-state index in [9.17, 15) is 14.0 Å². The lowest BCUT2D eigenvalue weighted by molar-refractivity contribution is 0.0907. The lowest BCUT2D eigenvalue weighted by atomic mass is 9.89. The lowest BCUT2D eigenvalue weighted by Gasteiger charge is -2.34. The summed E-state index contributed by atoms with van der Waals surface area (Å²) in [6.07, 6.45) is 4.65. The van der Waals surface area contributed by atoms with Gasteiger partial charge in [0.2, 0.25) is 0 Å². The number of nitrogens with two attached hydrogens (primary N) is 1. The second-order valence-corrected chi connectivity index (χ2v) is 5.91. The van der Waals surface area contributed by atoms with Crippen molar-refractivity contribution in [2.24, 2.45) is 11.7 Å². The Kier molecular flexibility index (Phi) is 4.55. The van der Waals surface area contributed by atoms with Gasteiger partial charge in [-0.25, -0.2) is 4.39 Å². The number of piperidine rings is 1. The van der Waals surface area contributed by atoms with E-state index in [2.05, 4.69) is 4.98 Å². The van der Waals surface area contributed by atoms with Crippen LogP contribution in [0, 0.1) is 11.7 Å². The average molecular weight is 327 g/mol. The van der Waals surface area contributed by atoms with Gasteiger partial charge in [-0.1, -0.05) is 0 Å². The molecule has 1 aromatic carbocycles. The van der Waals surface area contributed by atoms with Crippen molar-refractivity contribution in [1.29, 1.82) is 0 Å². The van der Waals surface area contributed by atoms with Gasteiger partial charge in [-0.2, -0.15) is 0 Å². The predicted octanol–water partition coefficient (Wildman–Crippen LogP) is 2.42. The maximum Gasteiger partial charge on any atom is 0.252 e. The smallest absolute Gasteiger partial charge is 0.252 e. The van der Waals surface area contributed by atoms with Gasteiger partial charge >= 0.3 is 0 Å². The van der Waals surface area contributed by atoms with Crippen molar-refractivity contribution < 1.29 is 14.0 Å². The Bertz CT molecular complexity index is 761. The molecule has 0 spiro atoms. The molecule has 1 unspecified atom stereocenters. The van der Waals surface area contributed by atoms with Crippen LogP contribution in [0.25, 0.3) is 0 Å². The first-order valence-corrected chi connectivity index (χ1v) is 7.85. The molecular weight excluding hydrogens is 309 g/mol. The van der Waals surface area contributed by atoms with E-state index in [0.29, 0.717) is 23.4 Å². The number of primary amides is 1. The number of carbonyl (C=O) groups is 2. The summed E-state index contributed by atoms with van der Waals surface area (Å²) in [5, 5.41) is 0. The van der Waals surface area contributed by atoms with Crippen LogP contribution in [0.1, 0.15) is 33.6 Å². The number of amides is 1. The summed E-state index contributed by atoms with van der Waals surface area (Å²) in [5.41, 5.74) is 6.98. The fourth-order valence-corrected chi connectivity index (χ4v) is 3.11. The molecule has 1 amide bonds. The molecule has 1 saturated heterocycles. The van der Waals surface area contributed by atoms with Gasteiger partial charge in [0.05, 0.1) is 11.3 Å². The van der Waals surface area contributed by atoms with E-state index in [0.717, 1.165) is 19.4 Å². The first kappa shape index (κ1) is 16.1. The van der Waals surface area contributed by atoms with Crippen molar-refractivity contribution in [3.05, 3.63) is 59.7 Å². The normalized spacial score (nSPS) is 17.5. The quantitative estimate of drug-likeness (QED) is 0.875. The summed E-state index contributed by atoms with van der Waals surface area (Å²) < 4.78 is 13.0. The molecular formula is C18H18FN3O2. The number of ketones is 1. The molecule has 0 bridgehead atoms. The van der Waals surface area contributed by atoms with Crippen LogP contribution >= 0.6 is 0 Å². The molecule has 1 aromatic heterocycles. The Morgan fingerprint density at radius 1 is 1.21 bits per heavy atom. The molecule has 1 aliphatic rings. The highest BCUT2D eigenvalue weighted by Gasteiger charge is 2.28. The number of halogens is 1. The van der Waals surface area contributed by atoms with E-state index in [1.54, 1.807) is 12.3 Å². The second kappa shape index (κ2) is 6.78. The highest BCUT2D eigenvalue weighted by atomic mass is 19.1. The highest BCUT2D eigenvalue weighted by molar-refractivity contribution is 6.00. The monoisotopic (exact) mass is 327 g/mol. The van der Waals surface area contributed by atoms with Gasteiger partial charge < -0.3 is 10.6 Å². The zero-order valence-corrected chi connectivity index (χ0v) is 13.1. The number of carbonyl (C=O) groups excluding carboxylic acids is 2. The molecule has 3 rings (SSSR count). The van der Waals surface area contributed by atoms with Gasteiger partial charge in [-0.3, -0.25) is 14.6 Å². The zero-order valence-electron chi connectivity index (χ0n) is 13.1. The van der Waals surface area contributed by atoms with E-state index >= 15 is 0 Å². The van der Waals surface area contributed by atoms with Crippen LogP contribution < -0.4 is 10.6 Å². The molecule has 0 aliphatic carbocycles. The Morgan fingerprint density at radius 3 is 2.67 bits per heavy atom. The molecule has 1 atom stereocenters. The molecule has 6 heteroatoms. The van der Waals surface area contributed by atoms with Crippen molar-refractivity contribution in [2.75, 3.05) is 18.0 Å². The van der Waals surface area contributed by atoms with Crippen molar-refractivity contribution in [1.82, 2.24) is 4.98 Å². The molecule has 5 nitrogen and oxygen atoms in total. The Hall–Kier alpha value is -2.76. The largest absolute Gasteiger partial charge is 0.370 e. The van der Waals surface area contributed by atoms with Crippen LogP contribution in [-0.2, 0) is 0 Å². The fraction of sp³-hybridized carbons (Fsp3) is 0.278. The summed E-state index contributed by atoms with van der Waals surface area (Å²) >= 11 is 0. The third kappa shape index (κ3) is 3.27. The number of aromatic nitrogens is 1. The van der Waals surface area contributed by atoms with Crippen LogP contribution in [0.5, 0.6) is 0 Å². The highest BCUT2D eigenvalue weighted by Crippen LogP contribution is 2.27. The summed E-state index contributed by atoms with van der Waals surface area (Å²) in [5.74, 6) is -1.10.